The summed E-state index contributed by atoms with van der Waals surface area (Å²) in [5.41, 5.74) is 1.38. The van der Waals surface area contributed by atoms with Gasteiger partial charge < -0.3 is 5.32 Å². The molecule has 3 heteroatoms. The third-order valence-electron chi connectivity index (χ3n) is 4.88. The third-order valence-corrected chi connectivity index (χ3v) is 5.12. The lowest BCUT2D eigenvalue weighted by Crippen LogP contribution is -2.45. The first-order valence-corrected chi connectivity index (χ1v) is 8.90. The minimum absolute atomic E-state index is 0.514. The number of hydrogen-bond acceptors (Lipinski definition) is 2. The SMILES string of the molecule is CCC(c1cccc(Cl)c1)N(CC1CCCCN1)C1CC1. The zero-order valence-corrected chi connectivity index (χ0v) is 13.8. The van der Waals surface area contributed by atoms with Gasteiger partial charge in [0, 0.05) is 29.7 Å². The van der Waals surface area contributed by atoms with Crippen LogP contribution < -0.4 is 5.32 Å². The highest BCUT2D eigenvalue weighted by atomic mass is 35.5. The van der Waals surface area contributed by atoms with Gasteiger partial charge in [0.05, 0.1) is 0 Å². The van der Waals surface area contributed by atoms with Crippen molar-refractivity contribution in [3.05, 3.63) is 34.9 Å². The molecule has 1 aromatic rings. The highest BCUT2D eigenvalue weighted by Gasteiger charge is 2.35. The Morgan fingerprint density at radius 2 is 2.14 bits per heavy atom. The van der Waals surface area contributed by atoms with Crippen molar-refractivity contribution in [2.75, 3.05) is 13.1 Å². The molecule has 3 rings (SSSR count). The first kappa shape index (κ1) is 15.3. The predicted molar refractivity (Wildman–Crippen MR) is 89.9 cm³/mol. The van der Waals surface area contributed by atoms with Crippen molar-refractivity contribution in [1.29, 1.82) is 0 Å². The fourth-order valence-electron chi connectivity index (χ4n) is 3.65. The summed E-state index contributed by atoms with van der Waals surface area (Å²) in [6.07, 6.45) is 7.93. The normalized spacial score (nSPS) is 24.2. The summed E-state index contributed by atoms with van der Waals surface area (Å²) in [6.45, 7) is 4.68. The molecule has 1 saturated carbocycles. The Morgan fingerprint density at radius 1 is 1.29 bits per heavy atom. The number of rotatable bonds is 6. The van der Waals surface area contributed by atoms with Crippen LogP contribution in [0.4, 0.5) is 0 Å². The fourth-order valence-corrected chi connectivity index (χ4v) is 3.85. The van der Waals surface area contributed by atoms with Crippen molar-refractivity contribution in [3.63, 3.8) is 0 Å². The minimum atomic E-state index is 0.514. The summed E-state index contributed by atoms with van der Waals surface area (Å²) in [7, 11) is 0. The number of benzene rings is 1. The lowest BCUT2D eigenvalue weighted by Gasteiger charge is -2.36. The molecule has 2 fully saturated rings. The first-order valence-electron chi connectivity index (χ1n) is 8.52. The largest absolute Gasteiger partial charge is 0.313 e. The molecular weight excluding hydrogens is 280 g/mol. The van der Waals surface area contributed by atoms with Crippen LogP contribution >= 0.6 is 11.6 Å². The van der Waals surface area contributed by atoms with E-state index in [0.29, 0.717) is 12.1 Å². The van der Waals surface area contributed by atoms with Gasteiger partial charge in [-0.1, -0.05) is 37.1 Å². The van der Waals surface area contributed by atoms with E-state index >= 15 is 0 Å². The molecule has 1 N–H and O–H groups in total. The standard InChI is InChI=1S/C18H27ClN2/c1-2-18(14-6-5-7-15(19)12-14)21(17-9-10-17)13-16-8-3-4-11-20-16/h5-7,12,16-18,20H,2-4,8-11,13H2,1H3. The van der Waals surface area contributed by atoms with Gasteiger partial charge in [0.1, 0.15) is 0 Å². The average molecular weight is 307 g/mol. The zero-order chi connectivity index (χ0) is 14.7. The van der Waals surface area contributed by atoms with Crippen molar-refractivity contribution in [2.45, 2.75) is 63.6 Å². The van der Waals surface area contributed by atoms with Crippen LogP contribution in [0.1, 0.15) is 57.1 Å². The van der Waals surface area contributed by atoms with E-state index in [2.05, 4.69) is 35.3 Å². The zero-order valence-electron chi connectivity index (χ0n) is 13.0. The maximum Gasteiger partial charge on any atom is 0.0409 e. The van der Waals surface area contributed by atoms with Crippen LogP contribution in [0, 0.1) is 0 Å². The smallest absolute Gasteiger partial charge is 0.0409 e. The molecule has 2 atom stereocenters. The monoisotopic (exact) mass is 306 g/mol. The second kappa shape index (κ2) is 7.13. The molecule has 0 bridgehead atoms. The molecule has 2 unspecified atom stereocenters. The van der Waals surface area contributed by atoms with Crippen LogP contribution in [-0.2, 0) is 0 Å². The Balaban J connectivity index is 1.74. The summed E-state index contributed by atoms with van der Waals surface area (Å²) in [4.78, 5) is 2.74. The summed E-state index contributed by atoms with van der Waals surface area (Å²) in [6, 6.07) is 10.4. The molecular formula is C18H27ClN2. The second-order valence-corrected chi connectivity index (χ2v) is 6.99. The highest BCUT2D eigenvalue weighted by molar-refractivity contribution is 6.30. The van der Waals surface area contributed by atoms with Crippen LogP contribution in [0.2, 0.25) is 5.02 Å². The Bertz CT molecular complexity index is 452. The topological polar surface area (TPSA) is 15.3 Å². The molecule has 1 aliphatic carbocycles. The average Bonchev–Trinajstić information content (AvgIpc) is 3.33. The molecule has 1 heterocycles. The van der Waals surface area contributed by atoms with E-state index < -0.39 is 0 Å². The summed E-state index contributed by atoms with van der Waals surface area (Å²) in [5, 5.41) is 4.57. The lowest BCUT2D eigenvalue weighted by atomic mass is 9.99. The van der Waals surface area contributed by atoms with Gasteiger partial charge in [-0.25, -0.2) is 0 Å². The van der Waals surface area contributed by atoms with E-state index in [1.165, 1.54) is 50.8 Å². The Hall–Kier alpha value is -0.570. The van der Waals surface area contributed by atoms with Crippen LogP contribution in [0.15, 0.2) is 24.3 Å². The van der Waals surface area contributed by atoms with E-state index in [4.69, 9.17) is 11.6 Å². The maximum atomic E-state index is 6.21. The van der Waals surface area contributed by atoms with Crippen LogP contribution in [0.3, 0.4) is 0 Å². The minimum Gasteiger partial charge on any atom is -0.313 e. The van der Waals surface area contributed by atoms with Gasteiger partial charge in [-0.15, -0.1) is 0 Å². The van der Waals surface area contributed by atoms with E-state index in [9.17, 15) is 0 Å². The molecule has 0 amide bonds. The molecule has 21 heavy (non-hydrogen) atoms. The van der Waals surface area contributed by atoms with Gasteiger partial charge >= 0.3 is 0 Å². The molecule has 0 radical (unpaired) electrons. The van der Waals surface area contributed by atoms with Gasteiger partial charge in [0.2, 0.25) is 0 Å². The van der Waals surface area contributed by atoms with E-state index in [1.807, 2.05) is 6.07 Å². The molecule has 2 aliphatic rings. The predicted octanol–water partition coefficient (Wildman–Crippen LogP) is 4.40. The van der Waals surface area contributed by atoms with Gasteiger partial charge in [-0.05, 0) is 56.3 Å². The highest BCUT2D eigenvalue weighted by Crippen LogP contribution is 2.37. The number of nitrogens with one attached hydrogen (secondary N) is 1. The lowest BCUT2D eigenvalue weighted by molar-refractivity contribution is 0.152. The van der Waals surface area contributed by atoms with Crippen LogP contribution in [0.25, 0.3) is 0 Å². The van der Waals surface area contributed by atoms with Crippen molar-refractivity contribution in [3.8, 4) is 0 Å². The van der Waals surface area contributed by atoms with E-state index in [0.717, 1.165) is 17.5 Å². The molecule has 2 nitrogen and oxygen atoms in total. The van der Waals surface area contributed by atoms with Crippen molar-refractivity contribution >= 4 is 11.6 Å². The summed E-state index contributed by atoms with van der Waals surface area (Å²) in [5.74, 6) is 0. The number of halogens is 1. The fraction of sp³-hybridized carbons (Fsp3) is 0.667. The molecule has 1 saturated heterocycles. The second-order valence-electron chi connectivity index (χ2n) is 6.55. The Kier molecular flexibility index (Phi) is 5.20. The van der Waals surface area contributed by atoms with Crippen molar-refractivity contribution in [1.82, 2.24) is 10.2 Å². The van der Waals surface area contributed by atoms with E-state index in [1.54, 1.807) is 0 Å². The van der Waals surface area contributed by atoms with Gasteiger partial charge in [-0.3, -0.25) is 4.90 Å². The number of hydrogen-bond donors (Lipinski definition) is 1. The molecule has 116 valence electrons. The van der Waals surface area contributed by atoms with Crippen LogP contribution in [0.5, 0.6) is 0 Å². The first-order chi connectivity index (χ1) is 10.3. The number of nitrogens with zero attached hydrogens (tertiary/aromatic N) is 1. The van der Waals surface area contributed by atoms with Crippen molar-refractivity contribution in [2.24, 2.45) is 0 Å². The molecule has 1 aromatic carbocycles. The van der Waals surface area contributed by atoms with Gasteiger partial charge in [0.15, 0.2) is 0 Å². The summed E-state index contributed by atoms with van der Waals surface area (Å²) >= 11 is 6.21. The van der Waals surface area contributed by atoms with Gasteiger partial charge in [-0.2, -0.15) is 0 Å². The maximum absolute atomic E-state index is 6.21. The molecule has 0 aromatic heterocycles. The number of piperidine rings is 1. The van der Waals surface area contributed by atoms with Gasteiger partial charge in [0.25, 0.3) is 0 Å². The quantitative estimate of drug-likeness (QED) is 0.838. The third kappa shape index (κ3) is 4.00. The summed E-state index contributed by atoms with van der Waals surface area (Å²) < 4.78 is 0. The van der Waals surface area contributed by atoms with E-state index in [-0.39, 0.29) is 0 Å². The Morgan fingerprint density at radius 3 is 2.76 bits per heavy atom. The molecule has 0 spiro atoms. The van der Waals surface area contributed by atoms with Crippen LogP contribution in [-0.4, -0.2) is 30.1 Å². The Labute approximate surface area is 133 Å². The molecule has 1 aliphatic heterocycles. The van der Waals surface area contributed by atoms with Crippen molar-refractivity contribution < 1.29 is 0 Å².